The van der Waals surface area contributed by atoms with Crippen LogP contribution in [0.3, 0.4) is 0 Å². The summed E-state index contributed by atoms with van der Waals surface area (Å²) >= 11 is 3.61. The first-order valence-electron chi connectivity index (χ1n) is 11.7. The van der Waals surface area contributed by atoms with Crippen LogP contribution in [0.4, 0.5) is 11.4 Å². The van der Waals surface area contributed by atoms with Crippen molar-refractivity contribution in [2.24, 2.45) is 0 Å². The van der Waals surface area contributed by atoms with Crippen LogP contribution in [0, 0.1) is 0 Å². The lowest BCUT2D eigenvalue weighted by Gasteiger charge is -2.26. The molecule has 1 unspecified atom stereocenters. The number of hydrogen-bond donors (Lipinski definition) is 1. The SMILES string of the molecule is CSCC[B]CCC(Oc1cccc(N(C)CCN(C)c2cc(=O)[nH]cc2C=O)c1)c1cccs1. The van der Waals surface area contributed by atoms with Gasteiger partial charge in [-0.2, -0.15) is 11.8 Å². The molecule has 3 rings (SSSR count). The molecule has 0 aliphatic rings. The summed E-state index contributed by atoms with van der Waals surface area (Å²) in [7, 11) is 6.28. The van der Waals surface area contributed by atoms with Crippen molar-refractivity contribution < 1.29 is 9.53 Å². The number of thiophene rings is 1. The Morgan fingerprint density at radius 2 is 1.97 bits per heavy atom. The minimum atomic E-state index is -0.224. The van der Waals surface area contributed by atoms with Gasteiger partial charge < -0.3 is 19.5 Å². The zero-order valence-corrected chi connectivity index (χ0v) is 22.2. The number of likely N-dealkylation sites (N-methyl/N-ethyl adjacent to an activating group) is 2. The second-order valence-electron chi connectivity index (χ2n) is 8.37. The second-order valence-corrected chi connectivity index (χ2v) is 10.3. The van der Waals surface area contributed by atoms with E-state index in [1.807, 2.05) is 42.9 Å². The summed E-state index contributed by atoms with van der Waals surface area (Å²) in [6.07, 6.45) is 7.49. The van der Waals surface area contributed by atoms with Gasteiger partial charge in [-0.25, -0.2) is 0 Å². The molecule has 1 N–H and O–H groups in total. The van der Waals surface area contributed by atoms with Crippen LogP contribution in [-0.2, 0) is 0 Å². The average Bonchev–Trinajstić information content (AvgIpc) is 3.41. The first kappa shape index (κ1) is 27.0. The molecule has 0 aliphatic carbocycles. The Morgan fingerprint density at radius 1 is 1.14 bits per heavy atom. The molecule has 185 valence electrons. The molecule has 2 heterocycles. The van der Waals surface area contributed by atoms with Crippen molar-refractivity contribution in [3.05, 3.63) is 74.8 Å². The molecule has 1 radical (unpaired) electrons. The van der Waals surface area contributed by atoms with Crippen LogP contribution < -0.4 is 20.1 Å². The molecular formula is C26H33BN3O3S2. The zero-order valence-electron chi connectivity index (χ0n) is 20.6. The average molecular weight is 511 g/mol. The predicted octanol–water partition coefficient (Wildman–Crippen LogP) is 5.24. The number of hydrogen-bond acceptors (Lipinski definition) is 7. The molecule has 0 saturated heterocycles. The van der Waals surface area contributed by atoms with Gasteiger partial charge in [0, 0.05) is 56.1 Å². The second kappa shape index (κ2) is 14.0. The third kappa shape index (κ3) is 8.21. The summed E-state index contributed by atoms with van der Waals surface area (Å²) in [6.45, 7) is 1.36. The molecule has 1 atom stereocenters. The van der Waals surface area contributed by atoms with Gasteiger partial charge in [0.15, 0.2) is 6.29 Å². The summed E-state index contributed by atoms with van der Waals surface area (Å²) in [4.78, 5) is 30.9. The summed E-state index contributed by atoms with van der Waals surface area (Å²) in [5, 5.41) is 2.10. The van der Waals surface area contributed by atoms with Gasteiger partial charge in [-0.1, -0.05) is 24.8 Å². The van der Waals surface area contributed by atoms with Gasteiger partial charge in [-0.15, -0.1) is 11.3 Å². The fourth-order valence-electron chi connectivity index (χ4n) is 3.75. The molecule has 0 bridgehead atoms. The maximum absolute atomic E-state index is 11.7. The van der Waals surface area contributed by atoms with E-state index in [9.17, 15) is 9.59 Å². The van der Waals surface area contributed by atoms with Gasteiger partial charge in [0.1, 0.15) is 19.1 Å². The lowest BCUT2D eigenvalue weighted by Crippen LogP contribution is -2.31. The molecule has 35 heavy (non-hydrogen) atoms. The zero-order chi connectivity index (χ0) is 25.0. The molecule has 0 aliphatic heterocycles. The summed E-state index contributed by atoms with van der Waals surface area (Å²) < 4.78 is 6.47. The van der Waals surface area contributed by atoms with Crippen molar-refractivity contribution in [3.8, 4) is 5.75 Å². The van der Waals surface area contributed by atoms with Gasteiger partial charge in [-0.05, 0) is 42.0 Å². The number of nitrogens with one attached hydrogen (secondary N) is 1. The van der Waals surface area contributed by atoms with E-state index >= 15 is 0 Å². The van der Waals surface area contributed by atoms with Crippen molar-refractivity contribution in [2.75, 3.05) is 49.0 Å². The smallest absolute Gasteiger partial charge is 0.250 e. The maximum Gasteiger partial charge on any atom is 0.250 e. The molecule has 0 spiro atoms. The van der Waals surface area contributed by atoms with Gasteiger partial charge >= 0.3 is 0 Å². The number of nitrogens with zero attached hydrogens (tertiary/aromatic N) is 2. The van der Waals surface area contributed by atoms with Gasteiger partial charge in [0.05, 0.1) is 11.3 Å². The van der Waals surface area contributed by atoms with E-state index in [0.717, 1.165) is 42.5 Å². The summed E-state index contributed by atoms with van der Waals surface area (Å²) in [5.41, 5.74) is 1.92. The number of aldehydes is 1. The number of rotatable bonds is 15. The van der Waals surface area contributed by atoms with E-state index in [2.05, 4.69) is 53.1 Å². The van der Waals surface area contributed by atoms with Crippen LogP contribution in [0.25, 0.3) is 0 Å². The highest BCUT2D eigenvalue weighted by Crippen LogP contribution is 2.31. The Bertz CT molecular complexity index is 1110. The summed E-state index contributed by atoms with van der Waals surface area (Å²) in [6, 6.07) is 13.8. The van der Waals surface area contributed by atoms with Crippen molar-refractivity contribution in [1.29, 1.82) is 0 Å². The third-order valence-corrected chi connectivity index (χ3v) is 7.41. The van der Waals surface area contributed by atoms with Crippen molar-refractivity contribution in [3.63, 3.8) is 0 Å². The minimum absolute atomic E-state index is 0.0325. The van der Waals surface area contributed by atoms with Crippen LogP contribution in [-0.4, -0.2) is 57.7 Å². The maximum atomic E-state index is 11.7. The number of ether oxygens (including phenoxy) is 1. The Hall–Kier alpha value is -2.65. The number of thioether (sulfide) groups is 1. The normalized spacial score (nSPS) is 11.6. The molecule has 0 saturated carbocycles. The van der Waals surface area contributed by atoms with E-state index in [1.54, 1.807) is 11.3 Å². The van der Waals surface area contributed by atoms with Crippen molar-refractivity contribution in [2.45, 2.75) is 25.2 Å². The highest BCUT2D eigenvalue weighted by molar-refractivity contribution is 7.98. The highest BCUT2D eigenvalue weighted by Gasteiger charge is 2.16. The van der Waals surface area contributed by atoms with Gasteiger partial charge in [0.2, 0.25) is 5.56 Å². The van der Waals surface area contributed by atoms with E-state index in [4.69, 9.17) is 4.74 Å². The number of carbonyl (C=O) groups excluding carboxylic acids is 1. The first-order chi connectivity index (χ1) is 17.0. The van der Waals surface area contributed by atoms with E-state index in [1.165, 1.54) is 17.1 Å². The fraction of sp³-hybridized carbons (Fsp3) is 0.385. The van der Waals surface area contributed by atoms with E-state index < -0.39 is 0 Å². The molecule has 9 heteroatoms. The molecule has 1 aromatic carbocycles. The Morgan fingerprint density at radius 3 is 2.71 bits per heavy atom. The monoisotopic (exact) mass is 510 g/mol. The van der Waals surface area contributed by atoms with Crippen LogP contribution in [0.1, 0.15) is 27.8 Å². The Labute approximate surface area is 216 Å². The third-order valence-electron chi connectivity index (χ3n) is 5.80. The van der Waals surface area contributed by atoms with E-state index in [0.29, 0.717) is 24.3 Å². The lowest BCUT2D eigenvalue weighted by molar-refractivity contribution is 0.112. The van der Waals surface area contributed by atoms with E-state index in [-0.39, 0.29) is 11.7 Å². The van der Waals surface area contributed by atoms with Crippen LogP contribution in [0.5, 0.6) is 5.75 Å². The number of aromatic amines is 1. The quantitative estimate of drug-likeness (QED) is 0.172. The standard InChI is InChI=1S/C26H33BN3O3S2/c1-29(12-13-30(2)23-17-26(32)28-18-20(23)19-31)21-6-4-7-22(16-21)33-24(25-8-5-14-35-25)9-10-27-11-15-34-3/h4-8,14,16-19,24H,9-13,15H2,1-3H3,(H,28,32). The molecular weight excluding hydrogens is 477 g/mol. The number of pyridine rings is 1. The van der Waals surface area contributed by atoms with Crippen LogP contribution in [0.2, 0.25) is 12.6 Å². The number of benzene rings is 1. The van der Waals surface area contributed by atoms with Crippen molar-refractivity contribution >= 4 is 48.0 Å². The number of aromatic nitrogens is 1. The Balaban J connectivity index is 1.62. The molecule has 0 amide bonds. The lowest BCUT2D eigenvalue weighted by atomic mass is 9.70. The number of H-pyrrole nitrogens is 1. The molecule has 0 fully saturated rings. The summed E-state index contributed by atoms with van der Waals surface area (Å²) in [5.74, 6) is 2.01. The van der Waals surface area contributed by atoms with Crippen molar-refractivity contribution in [1.82, 2.24) is 4.98 Å². The van der Waals surface area contributed by atoms with Crippen LogP contribution in [0.15, 0.2) is 58.8 Å². The largest absolute Gasteiger partial charge is 0.485 e. The topological polar surface area (TPSA) is 65.6 Å². The van der Waals surface area contributed by atoms with Crippen LogP contribution >= 0.6 is 23.1 Å². The predicted molar refractivity (Wildman–Crippen MR) is 151 cm³/mol. The highest BCUT2D eigenvalue weighted by atomic mass is 32.2. The molecule has 3 aromatic rings. The minimum Gasteiger partial charge on any atom is -0.485 e. The number of anilines is 2. The van der Waals surface area contributed by atoms with Gasteiger partial charge in [-0.3, -0.25) is 9.59 Å². The van der Waals surface area contributed by atoms with Gasteiger partial charge in [0.25, 0.3) is 0 Å². The molecule has 2 aromatic heterocycles. The molecule has 6 nitrogen and oxygen atoms in total. The first-order valence-corrected chi connectivity index (χ1v) is 14.0. The fourth-order valence-corrected chi connectivity index (χ4v) is 4.95. The Kier molecular flexibility index (Phi) is 10.8. The number of carbonyl (C=O) groups is 1.